The summed E-state index contributed by atoms with van der Waals surface area (Å²) < 4.78 is 5.84. The monoisotopic (exact) mass is 378 g/mol. The molecule has 4 rings (SSSR count). The van der Waals surface area contributed by atoms with Crippen LogP contribution in [0.25, 0.3) is 0 Å². The van der Waals surface area contributed by atoms with Gasteiger partial charge in [0.15, 0.2) is 5.78 Å². The highest BCUT2D eigenvalue weighted by molar-refractivity contribution is 5.98. The van der Waals surface area contributed by atoms with Crippen molar-refractivity contribution < 1.29 is 9.53 Å². The number of rotatable bonds is 5. The molecular weight excluding hydrogens is 348 g/mol. The number of nitrogens with zero attached hydrogens (tertiary/aromatic N) is 2. The molecule has 0 radical (unpaired) electrons. The van der Waals surface area contributed by atoms with Crippen molar-refractivity contribution >= 4 is 5.78 Å². The fourth-order valence-corrected chi connectivity index (χ4v) is 4.46. The summed E-state index contributed by atoms with van der Waals surface area (Å²) >= 11 is 0. The Bertz CT molecular complexity index is 767. The minimum atomic E-state index is 0.120. The Morgan fingerprint density at radius 1 is 0.893 bits per heavy atom. The summed E-state index contributed by atoms with van der Waals surface area (Å²) in [4.78, 5) is 18.1. The van der Waals surface area contributed by atoms with Gasteiger partial charge in [-0.25, -0.2) is 0 Å². The lowest BCUT2D eigenvalue weighted by atomic mass is 9.88. The van der Waals surface area contributed by atoms with Crippen LogP contribution in [0.2, 0.25) is 0 Å². The normalized spacial score (nSPS) is 22.1. The first kappa shape index (κ1) is 19.2. The van der Waals surface area contributed by atoms with Crippen LogP contribution in [0.15, 0.2) is 54.6 Å². The first-order valence-corrected chi connectivity index (χ1v) is 10.5. The van der Waals surface area contributed by atoms with Crippen molar-refractivity contribution in [2.24, 2.45) is 5.92 Å². The molecule has 2 fully saturated rings. The first-order chi connectivity index (χ1) is 13.7. The molecule has 4 heteroatoms. The zero-order valence-electron chi connectivity index (χ0n) is 16.7. The molecule has 28 heavy (non-hydrogen) atoms. The Labute approximate surface area is 168 Å². The van der Waals surface area contributed by atoms with E-state index in [1.165, 1.54) is 25.9 Å². The number of likely N-dealkylation sites (tertiary alicyclic amines) is 2. The summed E-state index contributed by atoms with van der Waals surface area (Å²) in [6, 6.07) is 18.0. The van der Waals surface area contributed by atoms with Gasteiger partial charge in [0.25, 0.3) is 0 Å². The molecule has 4 nitrogen and oxygen atoms in total. The van der Waals surface area contributed by atoms with E-state index in [1.54, 1.807) is 0 Å². The number of ketones is 1. The van der Waals surface area contributed by atoms with Crippen molar-refractivity contribution in [2.75, 3.05) is 33.2 Å². The van der Waals surface area contributed by atoms with Gasteiger partial charge in [-0.05, 0) is 88.8 Å². The Kier molecular flexibility index (Phi) is 6.08. The molecule has 2 aliphatic rings. The van der Waals surface area contributed by atoms with Gasteiger partial charge in [-0.3, -0.25) is 9.69 Å². The molecular formula is C24H30N2O2. The Balaban J connectivity index is 1.37. The highest BCUT2D eigenvalue weighted by Crippen LogP contribution is 2.27. The summed E-state index contributed by atoms with van der Waals surface area (Å²) in [5.41, 5.74) is 0.802. The quantitative estimate of drug-likeness (QED) is 0.719. The second-order valence-corrected chi connectivity index (χ2v) is 8.17. The fourth-order valence-electron chi connectivity index (χ4n) is 4.46. The van der Waals surface area contributed by atoms with Crippen LogP contribution in [-0.4, -0.2) is 54.9 Å². The van der Waals surface area contributed by atoms with Crippen LogP contribution in [0.5, 0.6) is 11.5 Å². The van der Waals surface area contributed by atoms with E-state index in [4.69, 9.17) is 4.74 Å². The van der Waals surface area contributed by atoms with E-state index in [0.29, 0.717) is 6.04 Å². The minimum absolute atomic E-state index is 0.120. The first-order valence-electron chi connectivity index (χ1n) is 10.5. The molecule has 2 aromatic rings. The average molecular weight is 379 g/mol. The van der Waals surface area contributed by atoms with Gasteiger partial charge in [0.2, 0.25) is 0 Å². The summed E-state index contributed by atoms with van der Waals surface area (Å²) in [5, 5.41) is 0. The van der Waals surface area contributed by atoms with E-state index in [1.807, 2.05) is 54.6 Å². The Morgan fingerprint density at radius 2 is 1.57 bits per heavy atom. The van der Waals surface area contributed by atoms with E-state index >= 15 is 0 Å². The average Bonchev–Trinajstić information content (AvgIpc) is 2.75. The van der Waals surface area contributed by atoms with Crippen molar-refractivity contribution in [3.8, 4) is 11.5 Å². The number of piperidine rings is 2. The zero-order chi connectivity index (χ0) is 19.3. The number of Topliss-reactive ketones (excluding diaryl/α,β-unsaturated/α-hetero) is 1. The molecule has 0 bridgehead atoms. The third kappa shape index (κ3) is 4.62. The van der Waals surface area contributed by atoms with E-state index in [0.717, 1.165) is 43.0 Å². The van der Waals surface area contributed by atoms with Crippen molar-refractivity contribution in [1.82, 2.24) is 9.80 Å². The van der Waals surface area contributed by atoms with Gasteiger partial charge in [0.1, 0.15) is 11.5 Å². The molecule has 2 aliphatic heterocycles. The molecule has 0 N–H and O–H groups in total. The van der Waals surface area contributed by atoms with E-state index in [9.17, 15) is 4.79 Å². The number of carbonyl (C=O) groups is 1. The lowest BCUT2D eigenvalue weighted by Gasteiger charge is -2.41. The largest absolute Gasteiger partial charge is 0.457 e. The van der Waals surface area contributed by atoms with Crippen LogP contribution in [-0.2, 0) is 0 Å². The number of carbonyl (C=O) groups excluding carboxylic acids is 1. The molecule has 148 valence electrons. The third-order valence-corrected chi connectivity index (χ3v) is 6.15. The van der Waals surface area contributed by atoms with Gasteiger partial charge in [0.05, 0.1) is 0 Å². The van der Waals surface area contributed by atoms with Crippen LogP contribution in [0.3, 0.4) is 0 Å². The molecule has 2 saturated heterocycles. The van der Waals surface area contributed by atoms with Gasteiger partial charge in [-0.15, -0.1) is 0 Å². The standard InChI is InChI=1S/C24H30N2O2/c1-25-16-13-21(14-17-25)26-15-5-6-20(18-26)24(27)19-9-11-23(12-10-19)28-22-7-3-2-4-8-22/h2-4,7-12,20-21H,5-6,13-18H2,1H3. The molecule has 1 unspecified atom stereocenters. The maximum Gasteiger partial charge on any atom is 0.167 e. The van der Waals surface area contributed by atoms with Crippen LogP contribution in [0.1, 0.15) is 36.0 Å². The molecule has 0 spiro atoms. The van der Waals surface area contributed by atoms with E-state index in [-0.39, 0.29) is 11.7 Å². The summed E-state index contributed by atoms with van der Waals surface area (Å²) in [5.74, 6) is 1.97. The second kappa shape index (κ2) is 8.89. The maximum absolute atomic E-state index is 13.1. The number of ether oxygens (including phenoxy) is 1. The van der Waals surface area contributed by atoms with Crippen LogP contribution < -0.4 is 4.74 Å². The number of para-hydroxylation sites is 1. The summed E-state index contributed by atoms with van der Waals surface area (Å²) in [6.45, 7) is 4.39. The third-order valence-electron chi connectivity index (χ3n) is 6.15. The van der Waals surface area contributed by atoms with Gasteiger partial charge >= 0.3 is 0 Å². The molecule has 0 aliphatic carbocycles. The minimum Gasteiger partial charge on any atom is -0.457 e. The maximum atomic E-state index is 13.1. The van der Waals surface area contributed by atoms with Crippen molar-refractivity contribution in [1.29, 1.82) is 0 Å². The SMILES string of the molecule is CN1CCC(N2CCCC(C(=O)c3ccc(Oc4ccccc4)cc3)C2)CC1. The van der Waals surface area contributed by atoms with Gasteiger partial charge in [-0.1, -0.05) is 18.2 Å². The highest BCUT2D eigenvalue weighted by Gasteiger charge is 2.31. The number of hydrogen-bond donors (Lipinski definition) is 0. The molecule has 2 heterocycles. The van der Waals surface area contributed by atoms with E-state index < -0.39 is 0 Å². The predicted octanol–water partition coefficient (Wildman–Crippen LogP) is 4.47. The molecule has 1 atom stereocenters. The topological polar surface area (TPSA) is 32.8 Å². The van der Waals surface area contributed by atoms with Gasteiger partial charge in [0, 0.05) is 24.1 Å². The highest BCUT2D eigenvalue weighted by atomic mass is 16.5. The molecule has 0 aromatic heterocycles. The van der Waals surface area contributed by atoms with Crippen LogP contribution >= 0.6 is 0 Å². The number of hydrogen-bond acceptors (Lipinski definition) is 4. The van der Waals surface area contributed by atoms with Crippen molar-refractivity contribution in [3.05, 3.63) is 60.2 Å². The lowest BCUT2D eigenvalue weighted by molar-refractivity contribution is 0.0630. The summed E-state index contributed by atoms with van der Waals surface area (Å²) in [7, 11) is 2.20. The smallest absolute Gasteiger partial charge is 0.167 e. The fraction of sp³-hybridized carbons (Fsp3) is 0.458. The Morgan fingerprint density at radius 3 is 2.29 bits per heavy atom. The van der Waals surface area contributed by atoms with Gasteiger partial charge in [-0.2, -0.15) is 0 Å². The van der Waals surface area contributed by atoms with Crippen molar-refractivity contribution in [3.63, 3.8) is 0 Å². The molecule has 0 amide bonds. The zero-order valence-corrected chi connectivity index (χ0v) is 16.7. The lowest BCUT2D eigenvalue weighted by Crippen LogP contribution is -2.48. The Hall–Kier alpha value is -2.17. The molecule has 0 saturated carbocycles. The second-order valence-electron chi connectivity index (χ2n) is 8.17. The predicted molar refractivity (Wildman–Crippen MR) is 112 cm³/mol. The number of benzene rings is 2. The van der Waals surface area contributed by atoms with Crippen LogP contribution in [0.4, 0.5) is 0 Å². The van der Waals surface area contributed by atoms with Crippen molar-refractivity contribution in [2.45, 2.75) is 31.7 Å². The summed E-state index contributed by atoms with van der Waals surface area (Å²) in [6.07, 6.45) is 4.58. The van der Waals surface area contributed by atoms with Gasteiger partial charge < -0.3 is 9.64 Å². The van der Waals surface area contributed by atoms with E-state index in [2.05, 4.69) is 16.8 Å². The van der Waals surface area contributed by atoms with Crippen LogP contribution in [0, 0.1) is 5.92 Å². The molecule has 2 aromatic carbocycles.